The summed E-state index contributed by atoms with van der Waals surface area (Å²) in [6, 6.07) is 13.9. The van der Waals surface area contributed by atoms with Crippen molar-refractivity contribution in [1.29, 1.82) is 0 Å². The first kappa shape index (κ1) is 16.3. The van der Waals surface area contributed by atoms with Gasteiger partial charge >= 0.3 is 0 Å². The average Bonchev–Trinajstić information content (AvgIpc) is 3.16. The van der Waals surface area contributed by atoms with E-state index in [0.29, 0.717) is 6.54 Å². The monoisotopic (exact) mass is 337 g/mol. The number of nitrogens with zero attached hydrogens (tertiary/aromatic N) is 2. The Morgan fingerprint density at radius 3 is 2.62 bits per heavy atom. The molecule has 0 unspecified atom stereocenters. The van der Waals surface area contributed by atoms with Gasteiger partial charge in [-0.2, -0.15) is 0 Å². The van der Waals surface area contributed by atoms with Gasteiger partial charge in [-0.3, -0.25) is 14.8 Å². The number of rotatable bonds is 6. The van der Waals surface area contributed by atoms with E-state index in [4.69, 9.17) is 0 Å². The Labute approximate surface area is 145 Å². The van der Waals surface area contributed by atoms with Crippen LogP contribution in [-0.2, 0) is 11.3 Å². The van der Waals surface area contributed by atoms with E-state index in [1.807, 2.05) is 54.8 Å². The Morgan fingerprint density at radius 2 is 1.92 bits per heavy atom. The summed E-state index contributed by atoms with van der Waals surface area (Å²) < 4.78 is 0. The molecule has 24 heavy (non-hydrogen) atoms. The fourth-order valence-electron chi connectivity index (χ4n) is 2.67. The number of benzene rings is 1. The van der Waals surface area contributed by atoms with Gasteiger partial charge in [-0.05, 0) is 23.4 Å². The summed E-state index contributed by atoms with van der Waals surface area (Å²) in [5.74, 6) is -0.125. The predicted octanol–water partition coefficient (Wildman–Crippen LogP) is 4.02. The van der Waals surface area contributed by atoms with E-state index in [-0.39, 0.29) is 11.8 Å². The molecule has 0 bridgehead atoms. The molecule has 0 radical (unpaired) electrons. The van der Waals surface area contributed by atoms with E-state index in [1.165, 1.54) is 0 Å². The number of amides is 1. The zero-order valence-electron chi connectivity index (χ0n) is 13.5. The smallest absolute Gasteiger partial charge is 0.227 e. The maximum Gasteiger partial charge on any atom is 0.227 e. The Hall–Kier alpha value is -2.53. The molecular weight excluding hydrogens is 318 g/mol. The fraction of sp³-hybridized carbons (Fsp3) is 0.211. The minimum Gasteiger partial charge on any atom is -0.350 e. The van der Waals surface area contributed by atoms with Crippen LogP contribution in [0.15, 0.2) is 60.2 Å². The van der Waals surface area contributed by atoms with Gasteiger partial charge < -0.3 is 5.32 Å². The summed E-state index contributed by atoms with van der Waals surface area (Å²) in [4.78, 5) is 22.5. The van der Waals surface area contributed by atoms with Gasteiger partial charge in [0.2, 0.25) is 5.91 Å². The summed E-state index contributed by atoms with van der Waals surface area (Å²) in [7, 11) is 0. The molecule has 1 amide bonds. The molecule has 0 fully saturated rings. The molecule has 0 saturated heterocycles. The number of nitrogens with one attached hydrogen (secondary N) is 1. The third-order valence-corrected chi connectivity index (χ3v) is 4.76. The van der Waals surface area contributed by atoms with Crippen molar-refractivity contribution < 1.29 is 4.79 Å². The molecule has 122 valence electrons. The SMILES string of the molecule is CC[C@H](C(=O)NCc1nccnc1-c1cccs1)c1ccccc1. The minimum absolute atomic E-state index is 0.0199. The maximum atomic E-state index is 12.6. The van der Waals surface area contributed by atoms with Crippen molar-refractivity contribution in [2.24, 2.45) is 0 Å². The van der Waals surface area contributed by atoms with Gasteiger partial charge in [0.25, 0.3) is 0 Å². The van der Waals surface area contributed by atoms with E-state index in [9.17, 15) is 4.79 Å². The second-order valence-corrected chi connectivity index (χ2v) is 6.37. The Balaban J connectivity index is 1.73. The molecule has 1 N–H and O–H groups in total. The molecule has 0 spiro atoms. The highest BCUT2D eigenvalue weighted by Gasteiger charge is 2.19. The van der Waals surface area contributed by atoms with E-state index < -0.39 is 0 Å². The Bertz CT molecular complexity index is 787. The van der Waals surface area contributed by atoms with Gasteiger partial charge in [-0.1, -0.05) is 43.3 Å². The third-order valence-electron chi connectivity index (χ3n) is 3.89. The lowest BCUT2D eigenvalue weighted by Crippen LogP contribution is -2.29. The molecule has 3 aromatic rings. The summed E-state index contributed by atoms with van der Waals surface area (Å²) in [5.41, 5.74) is 2.66. The maximum absolute atomic E-state index is 12.6. The van der Waals surface area contributed by atoms with Crippen LogP contribution in [-0.4, -0.2) is 15.9 Å². The largest absolute Gasteiger partial charge is 0.350 e. The fourth-order valence-corrected chi connectivity index (χ4v) is 3.41. The molecule has 3 rings (SSSR count). The van der Waals surface area contributed by atoms with Crippen LogP contribution in [0.5, 0.6) is 0 Å². The molecule has 1 aromatic carbocycles. The van der Waals surface area contributed by atoms with Crippen LogP contribution >= 0.6 is 11.3 Å². The molecule has 0 saturated carbocycles. The van der Waals surface area contributed by atoms with Crippen molar-refractivity contribution in [3.05, 3.63) is 71.5 Å². The van der Waals surface area contributed by atoms with Gasteiger partial charge in [0.15, 0.2) is 0 Å². The van der Waals surface area contributed by atoms with E-state index in [0.717, 1.165) is 28.2 Å². The van der Waals surface area contributed by atoms with Gasteiger partial charge in [0.1, 0.15) is 5.69 Å². The second kappa shape index (κ2) is 7.84. The van der Waals surface area contributed by atoms with Crippen molar-refractivity contribution in [1.82, 2.24) is 15.3 Å². The number of aromatic nitrogens is 2. The van der Waals surface area contributed by atoms with Crippen molar-refractivity contribution >= 4 is 17.2 Å². The molecule has 5 heteroatoms. The zero-order chi connectivity index (χ0) is 16.8. The number of hydrogen-bond donors (Lipinski definition) is 1. The number of carbonyl (C=O) groups excluding carboxylic acids is 1. The molecule has 0 aliphatic rings. The first-order valence-corrected chi connectivity index (χ1v) is 8.84. The second-order valence-electron chi connectivity index (χ2n) is 5.42. The number of carbonyl (C=O) groups is 1. The van der Waals surface area contributed by atoms with Crippen LogP contribution in [0.1, 0.15) is 30.5 Å². The molecular formula is C19H19N3OS. The summed E-state index contributed by atoms with van der Waals surface area (Å²) in [6.07, 6.45) is 4.10. The number of thiophene rings is 1. The predicted molar refractivity (Wildman–Crippen MR) is 96.7 cm³/mol. The summed E-state index contributed by atoms with van der Waals surface area (Å²) in [6.45, 7) is 2.40. The number of hydrogen-bond acceptors (Lipinski definition) is 4. The minimum atomic E-state index is -0.145. The molecule has 4 nitrogen and oxygen atoms in total. The van der Waals surface area contributed by atoms with Crippen LogP contribution in [0.2, 0.25) is 0 Å². The van der Waals surface area contributed by atoms with Gasteiger partial charge in [0, 0.05) is 12.4 Å². The first-order chi connectivity index (χ1) is 11.8. The quantitative estimate of drug-likeness (QED) is 0.739. The molecule has 1 atom stereocenters. The van der Waals surface area contributed by atoms with E-state index >= 15 is 0 Å². The highest BCUT2D eigenvalue weighted by Crippen LogP contribution is 2.25. The summed E-state index contributed by atoms with van der Waals surface area (Å²) >= 11 is 1.62. The molecule has 0 aliphatic heterocycles. The van der Waals surface area contributed by atoms with Gasteiger partial charge in [0.05, 0.1) is 23.0 Å². The lowest BCUT2D eigenvalue weighted by Gasteiger charge is -2.15. The topological polar surface area (TPSA) is 54.9 Å². The van der Waals surface area contributed by atoms with Crippen LogP contribution < -0.4 is 5.32 Å². The lowest BCUT2D eigenvalue weighted by atomic mass is 9.95. The van der Waals surface area contributed by atoms with Crippen LogP contribution in [0.3, 0.4) is 0 Å². The van der Waals surface area contributed by atoms with Crippen LogP contribution in [0.25, 0.3) is 10.6 Å². The normalized spacial score (nSPS) is 11.9. The molecule has 2 heterocycles. The lowest BCUT2D eigenvalue weighted by molar-refractivity contribution is -0.122. The van der Waals surface area contributed by atoms with Crippen molar-refractivity contribution in [2.75, 3.05) is 0 Å². The van der Waals surface area contributed by atoms with Crippen molar-refractivity contribution in [2.45, 2.75) is 25.8 Å². The van der Waals surface area contributed by atoms with Crippen LogP contribution in [0.4, 0.5) is 0 Å². The highest BCUT2D eigenvalue weighted by molar-refractivity contribution is 7.13. The Morgan fingerprint density at radius 1 is 1.12 bits per heavy atom. The molecule has 0 aliphatic carbocycles. The van der Waals surface area contributed by atoms with Crippen molar-refractivity contribution in [3.63, 3.8) is 0 Å². The summed E-state index contributed by atoms with van der Waals surface area (Å²) in [5, 5.41) is 5.02. The Kier molecular flexibility index (Phi) is 5.33. The van der Waals surface area contributed by atoms with E-state index in [2.05, 4.69) is 15.3 Å². The standard InChI is InChI=1S/C19H19N3OS/c1-2-15(14-7-4-3-5-8-14)19(23)22-13-16-18(21-11-10-20-16)17-9-6-12-24-17/h3-12,15H,2,13H2,1H3,(H,22,23)/t15-/m0/s1. The van der Waals surface area contributed by atoms with Crippen molar-refractivity contribution in [3.8, 4) is 10.6 Å². The van der Waals surface area contributed by atoms with Crippen LogP contribution in [0, 0.1) is 0 Å². The van der Waals surface area contributed by atoms with E-state index in [1.54, 1.807) is 23.7 Å². The van der Waals surface area contributed by atoms with Gasteiger partial charge in [-0.15, -0.1) is 11.3 Å². The van der Waals surface area contributed by atoms with Gasteiger partial charge in [-0.25, -0.2) is 0 Å². The third kappa shape index (κ3) is 3.68. The highest BCUT2D eigenvalue weighted by atomic mass is 32.1. The average molecular weight is 337 g/mol. The first-order valence-electron chi connectivity index (χ1n) is 7.96. The molecule has 2 aromatic heterocycles. The zero-order valence-corrected chi connectivity index (χ0v) is 14.3.